The Hall–Kier alpha value is -0.900. The highest BCUT2D eigenvalue weighted by atomic mass is 16.5. The van der Waals surface area contributed by atoms with Gasteiger partial charge in [0.05, 0.1) is 24.9 Å². The summed E-state index contributed by atoms with van der Waals surface area (Å²) < 4.78 is 11.3. The third-order valence-electron chi connectivity index (χ3n) is 3.84. The van der Waals surface area contributed by atoms with Gasteiger partial charge in [-0.2, -0.15) is 0 Å². The predicted molar refractivity (Wildman–Crippen MR) is 77.3 cm³/mol. The minimum Gasteiger partial charge on any atom is -0.383 e. The number of hydrogen-bond acceptors (Lipinski definition) is 3. The fourth-order valence-corrected chi connectivity index (χ4v) is 2.74. The maximum absolute atomic E-state index is 5.93. The van der Waals surface area contributed by atoms with Gasteiger partial charge in [-0.3, -0.25) is 4.90 Å². The third kappa shape index (κ3) is 3.56. The number of methoxy groups -OCH3 is 1. The summed E-state index contributed by atoms with van der Waals surface area (Å²) in [6.07, 6.45) is 0. The summed E-state index contributed by atoms with van der Waals surface area (Å²) in [6.45, 7) is 8.95. The zero-order valence-corrected chi connectivity index (χ0v) is 12.4. The van der Waals surface area contributed by atoms with E-state index in [-0.39, 0.29) is 5.60 Å². The Balaban J connectivity index is 2.17. The Morgan fingerprint density at radius 2 is 2.05 bits per heavy atom. The summed E-state index contributed by atoms with van der Waals surface area (Å²) in [5.41, 5.74) is 1.26. The lowest BCUT2D eigenvalue weighted by molar-refractivity contribution is -0.137. The number of nitrogens with zero attached hydrogens (tertiary/aromatic N) is 1. The number of ether oxygens (including phenoxy) is 2. The van der Waals surface area contributed by atoms with Crippen molar-refractivity contribution in [1.82, 2.24) is 4.90 Å². The molecule has 0 N–H and O–H groups in total. The van der Waals surface area contributed by atoms with Crippen LogP contribution < -0.4 is 0 Å². The molecule has 1 heterocycles. The van der Waals surface area contributed by atoms with E-state index in [9.17, 15) is 0 Å². The zero-order valence-electron chi connectivity index (χ0n) is 12.4. The fourth-order valence-electron chi connectivity index (χ4n) is 2.74. The van der Waals surface area contributed by atoms with Crippen molar-refractivity contribution < 1.29 is 9.47 Å². The lowest BCUT2D eigenvalue weighted by Crippen LogP contribution is -2.56. The van der Waals surface area contributed by atoms with Crippen LogP contribution in [-0.2, 0) is 9.47 Å². The second-order valence-electron chi connectivity index (χ2n) is 5.94. The van der Waals surface area contributed by atoms with Crippen LogP contribution in [0.1, 0.15) is 32.4 Å². The average molecular weight is 263 g/mol. The molecule has 3 nitrogen and oxygen atoms in total. The van der Waals surface area contributed by atoms with E-state index in [1.165, 1.54) is 5.56 Å². The van der Waals surface area contributed by atoms with Crippen LogP contribution in [0, 0.1) is 0 Å². The maximum atomic E-state index is 5.93. The Morgan fingerprint density at radius 3 is 2.68 bits per heavy atom. The van der Waals surface area contributed by atoms with Gasteiger partial charge in [0.15, 0.2) is 0 Å². The Bertz CT molecular complexity index is 391. The summed E-state index contributed by atoms with van der Waals surface area (Å²) in [5, 5.41) is 0. The Kier molecular flexibility index (Phi) is 4.61. The largest absolute Gasteiger partial charge is 0.383 e. The topological polar surface area (TPSA) is 21.7 Å². The molecule has 0 radical (unpaired) electrons. The van der Waals surface area contributed by atoms with Crippen molar-refractivity contribution in [2.24, 2.45) is 0 Å². The van der Waals surface area contributed by atoms with E-state index in [2.05, 4.69) is 56.0 Å². The maximum Gasteiger partial charge on any atom is 0.0754 e. The molecule has 1 saturated heterocycles. The van der Waals surface area contributed by atoms with E-state index in [0.29, 0.717) is 18.7 Å². The van der Waals surface area contributed by atoms with Gasteiger partial charge in [-0.15, -0.1) is 0 Å². The second kappa shape index (κ2) is 6.04. The van der Waals surface area contributed by atoms with Gasteiger partial charge in [0.2, 0.25) is 0 Å². The molecule has 106 valence electrons. The average Bonchev–Trinajstić information content (AvgIpc) is 2.41. The number of hydrogen-bond donors (Lipinski definition) is 0. The second-order valence-corrected chi connectivity index (χ2v) is 5.94. The van der Waals surface area contributed by atoms with Gasteiger partial charge in [-0.25, -0.2) is 0 Å². The highest BCUT2D eigenvalue weighted by molar-refractivity contribution is 5.19. The molecule has 0 aromatic heterocycles. The van der Waals surface area contributed by atoms with Crippen molar-refractivity contribution >= 4 is 0 Å². The van der Waals surface area contributed by atoms with Crippen LogP contribution in [0.2, 0.25) is 0 Å². The molecule has 1 aliphatic rings. The highest BCUT2D eigenvalue weighted by Gasteiger charge is 2.36. The number of morpholine rings is 1. The summed E-state index contributed by atoms with van der Waals surface area (Å²) in [7, 11) is 1.76. The Morgan fingerprint density at radius 1 is 1.37 bits per heavy atom. The smallest absolute Gasteiger partial charge is 0.0754 e. The molecular formula is C16H25NO2. The molecule has 3 heteroatoms. The van der Waals surface area contributed by atoms with E-state index in [4.69, 9.17) is 9.47 Å². The van der Waals surface area contributed by atoms with Crippen LogP contribution >= 0.6 is 0 Å². The van der Waals surface area contributed by atoms with Gasteiger partial charge in [0, 0.05) is 19.7 Å². The minimum atomic E-state index is -0.0900. The quantitative estimate of drug-likeness (QED) is 0.834. The molecule has 1 aliphatic heterocycles. The first kappa shape index (κ1) is 14.5. The summed E-state index contributed by atoms with van der Waals surface area (Å²) in [4.78, 5) is 2.50. The van der Waals surface area contributed by atoms with Crippen molar-refractivity contribution in [3.8, 4) is 0 Å². The molecule has 1 fully saturated rings. The molecule has 0 spiro atoms. The summed E-state index contributed by atoms with van der Waals surface area (Å²) in [5.74, 6) is 0. The van der Waals surface area contributed by atoms with E-state index < -0.39 is 0 Å². The first-order valence-corrected chi connectivity index (χ1v) is 6.97. The molecule has 0 saturated carbocycles. The molecule has 1 aromatic carbocycles. The molecule has 0 aliphatic carbocycles. The van der Waals surface area contributed by atoms with E-state index >= 15 is 0 Å². The molecule has 19 heavy (non-hydrogen) atoms. The van der Waals surface area contributed by atoms with Gasteiger partial charge < -0.3 is 9.47 Å². The fraction of sp³-hybridized carbons (Fsp3) is 0.625. The number of rotatable bonds is 4. The molecule has 0 amide bonds. The van der Waals surface area contributed by atoms with Gasteiger partial charge in [0.25, 0.3) is 0 Å². The van der Waals surface area contributed by atoms with E-state index in [0.717, 1.165) is 13.2 Å². The molecule has 2 atom stereocenters. The lowest BCUT2D eigenvalue weighted by Gasteiger charge is -2.46. The molecule has 1 aromatic rings. The normalized spacial score (nSPS) is 25.2. The van der Waals surface area contributed by atoms with Crippen molar-refractivity contribution in [3.05, 3.63) is 35.9 Å². The summed E-state index contributed by atoms with van der Waals surface area (Å²) >= 11 is 0. The van der Waals surface area contributed by atoms with Crippen LogP contribution in [0.5, 0.6) is 0 Å². The van der Waals surface area contributed by atoms with Crippen molar-refractivity contribution in [1.29, 1.82) is 0 Å². The lowest BCUT2D eigenvalue weighted by atomic mass is 9.99. The predicted octanol–water partition coefficient (Wildman–Crippen LogP) is 2.87. The first-order valence-electron chi connectivity index (χ1n) is 6.97. The molecule has 2 rings (SSSR count). The monoisotopic (exact) mass is 263 g/mol. The van der Waals surface area contributed by atoms with Crippen molar-refractivity contribution in [3.63, 3.8) is 0 Å². The van der Waals surface area contributed by atoms with Gasteiger partial charge in [-0.1, -0.05) is 30.3 Å². The van der Waals surface area contributed by atoms with Crippen LogP contribution in [-0.4, -0.2) is 43.4 Å². The van der Waals surface area contributed by atoms with E-state index in [1.54, 1.807) is 7.11 Å². The van der Waals surface area contributed by atoms with Crippen LogP contribution in [0.25, 0.3) is 0 Å². The summed E-state index contributed by atoms with van der Waals surface area (Å²) in [6, 6.07) is 11.4. The van der Waals surface area contributed by atoms with Gasteiger partial charge in [-0.05, 0) is 26.3 Å². The highest BCUT2D eigenvalue weighted by Crippen LogP contribution is 2.29. The SMILES string of the molecule is COCC1COC(C)(C)CN1C(C)c1ccccc1. The first-order chi connectivity index (χ1) is 9.03. The van der Waals surface area contributed by atoms with Crippen molar-refractivity contribution in [2.45, 2.75) is 38.5 Å². The van der Waals surface area contributed by atoms with Crippen molar-refractivity contribution in [2.75, 3.05) is 26.9 Å². The van der Waals surface area contributed by atoms with Crippen LogP contribution in [0.4, 0.5) is 0 Å². The van der Waals surface area contributed by atoms with Crippen LogP contribution in [0.15, 0.2) is 30.3 Å². The van der Waals surface area contributed by atoms with Crippen LogP contribution in [0.3, 0.4) is 0 Å². The zero-order chi connectivity index (χ0) is 13.9. The number of benzene rings is 1. The molecular weight excluding hydrogens is 238 g/mol. The third-order valence-corrected chi connectivity index (χ3v) is 3.84. The molecule has 0 bridgehead atoms. The standard InChI is InChI=1S/C16H25NO2/c1-13(14-8-6-5-7-9-14)17-12-16(2,3)19-11-15(17)10-18-4/h5-9,13,15H,10-12H2,1-4H3. The van der Waals surface area contributed by atoms with Gasteiger partial charge in [0.1, 0.15) is 0 Å². The van der Waals surface area contributed by atoms with Gasteiger partial charge >= 0.3 is 0 Å². The minimum absolute atomic E-state index is 0.0900. The Labute approximate surface area is 116 Å². The van der Waals surface area contributed by atoms with E-state index in [1.807, 2.05) is 0 Å². The molecule has 2 unspecified atom stereocenters.